The number of aromatic nitrogens is 2. The Morgan fingerprint density at radius 2 is 2.28 bits per heavy atom. The van der Waals surface area contributed by atoms with Crippen LogP contribution in [-0.4, -0.2) is 41.6 Å². The Balaban J connectivity index is 2.17. The number of benzene rings is 1. The summed E-state index contributed by atoms with van der Waals surface area (Å²) < 4.78 is 26.6. The molecule has 0 bridgehead atoms. The van der Waals surface area contributed by atoms with Gasteiger partial charge in [-0.05, 0) is 43.6 Å². The van der Waals surface area contributed by atoms with Crippen LogP contribution in [0.3, 0.4) is 0 Å². The summed E-state index contributed by atoms with van der Waals surface area (Å²) in [5, 5.41) is 10.2. The lowest BCUT2D eigenvalue weighted by molar-refractivity contribution is -0.0375. The number of nitrogens with one attached hydrogen (secondary N) is 2. The third-order valence-electron chi connectivity index (χ3n) is 4.09. The van der Waals surface area contributed by atoms with Crippen LogP contribution < -0.4 is 10.6 Å². The Kier molecular flexibility index (Phi) is 5.14. The van der Waals surface area contributed by atoms with Crippen molar-refractivity contribution in [2.75, 3.05) is 26.1 Å². The number of hydrogen-bond acceptors (Lipinski definition) is 5. The van der Waals surface area contributed by atoms with Crippen molar-refractivity contribution in [3.63, 3.8) is 0 Å². The lowest BCUT2D eigenvalue weighted by atomic mass is 10.1. The van der Waals surface area contributed by atoms with Gasteiger partial charge in [-0.1, -0.05) is 0 Å². The van der Waals surface area contributed by atoms with E-state index in [-0.39, 0.29) is 17.2 Å². The minimum Gasteiger partial charge on any atom is -0.465 e. The summed E-state index contributed by atoms with van der Waals surface area (Å²) in [5.41, 5.74) is 1.07. The van der Waals surface area contributed by atoms with Crippen LogP contribution in [0.15, 0.2) is 12.1 Å². The van der Waals surface area contributed by atoms with Gasteiger partial charge >= 0.3 is 5.97 Å². The SMILES string of the molecule is CNC(=S)Nc1cc(C(=O)OC)cc2c1c(F)nn2C1CCCCO1. The fourth-order valence-corrected chi connectivity index (χ4v) is 2.99. The Morgan fingerprint density at radius 3 is 2.92 bits per heavy atom. The minimum atomic E-state index is -0.651. The first kappa shape index (κ1) is 17.6. The van der Waals surface area contributed by atoms with E-state index < -0.39 is 11.9 Å². The van der Waals surface area contributed by atoms with Crippen LogP contribution in [0.25, 0.3) is 10.9 Å². The maximum absolute atomic E-state index is 14.6. The molecule has 2 heterocycles. The normalized spacial score (nSPS) is 17.3. The number of carbonyl (C=O) groups is 1. The van der Waals surface area contributed by atoms with Gasteiger partial charge in [-0.2, -0.15) is 4.39 Å². The van der Waals surface area contributed by atoms with Crippen molar-refractivity contribution >= 4 is 39.9 Å². The molecule has 0 saturated carbocycles. The number of anilines is 1. The number of fused-ring (bicyclic) bond motifs is 1. The molecule has 2 N–H and O–H groups in total. The molecule has 9 heteroatoms. The first-order valence-corrected chi connectivity index (χ1v) is 8.36. The average molecular weight is 366 g/mol. The van der Waals surface area contributed by atoms with E-state index in [1.807, 2.05) is 0 Å². The zero-order valence-corrected chi connectivity index (χ0v) is 14.8. The van der Waals surface area contributed by atoms with Crippen molar-refractivity contribution in [1.29, 1.82) is 0 Å². The largest absolute Gasteiger partial charge is 0.465 e. The van der Waals surface area contributed by atoms with Gasteiger partial charge < -0.3 is 20.1 Å². The molecule has 1 unspecified atom stereocenters. The number of hydrogen-bond donors (Lipinski definition) is 2. The Hall–Kier alpha value is -2.26. The first-order valence-electron chi connectivity index (χ1n) is 7.95. The molecule has 7 nitrogen and oxygen atoms in total. The third-order valence-corrected chi connectivity index (χ3v) is 4.40. The summed E-state index contributed by atoms with van der Waals surface area (Å²) in [5.74, 6) is -1.18. The molecule has 0 amide bonds. The molecule has 1 fully saturated rings. The highest BCUT2D eigenvalue weighted by atomic mass is 32.1. The summed E-state index contributed by atoms with van der Waals surface area (Å²) in [6.07, 6.45) is 2.31. The molecule has 0 radical (unpaired) electrons. The third kappa shape index (κ3) is 3.42. The van der Waals surface area contributed by atoms with E-state index >= 15 is 0 Å². The van der Waals surface area contributed by atoms with Gasteiger partial charge in [0.2, 0.25) is 5.95 Å². The molecule has 1 aromatic carbocycles. The highest BCUT2D eigenvalue weighted by molar-refractivity contribution is 7.80. The Labute approximate surface area is 149 Å². The summed E-state index contributed by atoms with van der Waals surface area (Å²) in [4.78, 5) is 12.0. The summed E-state index contributed by atoms with van der Waals surface area (Å²) in [7, 11) is 2.94. The van der Waals surface area contributed by atoms with Gasteiger partial charge in [0.15, 0.2) is 11.3 Å². The van der Waals surface area contributed by atoms with Crippen LogP contribution in [0.2, 0.25) is 0 Å². The van der Waals surface area contributed by atoms with Crippen molar-refractivity contribution in [3.8, 4) is 0 Å². The first-order chi connectivity index (χ1) is 12.0. The molecule has 3 rings (SSSR count). The quantitative estimate of drug-likeness (QED) is 0.639. The van der Waals surface area contributed by atoms with Crippen molar-refractivity contribution in [2.24, 2.45) is 0 Å². The van der Waals surface area contributed by atoms with Gasteiger partial charge in [0, 0.05) is 13.7 Å². The molecule has 25 heavy (non-hydrogen) atoms. The summed E-state index contributed by atoms with van der Waals surface area (Å²) >= 11 is 5.10. The molecule has 0 aliphatic carbocycles. The number of carbonyl (C=O) groups excluding carboxylic acids is 1. The number of methoxy groups -OCH3 is 1. The van der Waals surface area contributed by atoms with E-state index in [2.05, 4.69) is 15.7 Å². The summed E-state index contributed by atoms with van der Waals surface area (Å²) in [6.45, 7) is 0.597. The second kappa shape index (κ2) is 7.32. The maximum atomic E-state index is 14.6. The fraction of sp³-hybridized carbons (Fsp3) is 0.438. The molecule has 0 spiro atoms. The van der Waals surface area contributed by atoms with Crippen LogP contribution in [0, 0.1) is 5.95 Å². The van der Waals surface area contributed by atoms with Gasteiger partial charge in [-0.3, -0.25) is 0 Å². The molecule has 1 atom stereocenters. The number of nitrogens with zero attached hydrogens (tertiary/aromatic N) is 2. The van der Waals surface area contributed by atoms with Gasteiger partial charge in [0.25, 0.3) is 0 Å². The summed E-state index contributed by atoms with van der Waals surface area (Å²) in [6, 6.07) is 3.05. The zero-order chi connectivity index (χ0) is 18.0. The van der Waals surface area contributed by atoms with E-state index in [0.717, 1.165) is 19.3 Å². The Bertz CT molecular complexity index is 817. The van der Waals surface area contributed by atoms with Gasteiger partial charge in [0.1, 0.15) is 0 Å². The molecule has 1 aliphatic heterocycles. The molecule has 2 aromatic rings. The fourth-order valence-electron chi connectivity index (χ4n) is 2.88. The molecule has 134 valence electrons. The van der Waals surface area contributed by atoms with E-state index in [9.17, 15) is 9.18 Å². The predicted molar refractivity (Wildman–Crippen MR) is 95.2 cm³/mol. The smallest absolute Gasteiger partial charge is 0.338 e. The van der Waals surface area contributed by atoms with Crippen molar-refractivity contribution in [3.05, 3.63) is 23.6 Å². The Morgan fingerprint density at radius 1 is 1.48 bits per heavy atom. The number of halogens is 1. The van der Waals surface area contributed by atoms with Crippen LogP contribution in [0.5, 0.6) is 0 Å². The average Bonchev–Trinajstić information content (AvgIpc) is 2.98. The van der Waals surface area contributed by atoms with Crippen LogP contribution in [0.4, 0.5) is 10.1 Å². The molecule has 1 saturated heterocycles. The van der Waals surface area contributed by atoms with Crippen LogP contribution >= 0.6 is 12.2 Å². The topological polar surface area (TPSA) is 77.4 Å². The second-order valence-corrected chi connectivity index (χ2v) is 6.08. The molecule has 1 aliphatic rings. The van der Waals surface area contributed by atoms with Crippen LogP contribution in [0.1, 0.15) is 35.8 Å². The van der Waals surface area contributed by atoms with Gasteiger partial charge in [-0.25, -0.2) is 9.48 Å². The highest BCUT2D eigenvalue weighted by Crippen LogP contribution is 2.33. The van der Waals surface area contributed by atoms with Gasteiger partial charge in [-0.15, -0.1) is 5.10 Å². The lowest BCUT2D eigenvalue weighted by Gasteiger charge is -2.23. The zero-order valence-electron chi connectivity index (χ0n) is 14.0. The molecular weight excluding hydrogens is 347 g/mol. The molecule has 1 aromatic heterocycles. The highest BCUT2D eigenvalue weighted by Gasteiger charge is 2.24. The lowest BCUT2D eigenvalue weighted by Crippen LogP contribution is -2.24. The number of rotatable bonds is 3. The second-order valence-electron chi connectivity index (χ2n) is 5.67. The standard InChI is InChI=1S/C16H19FN4O3S/c1-18-16(25)19-10-7-9(15(22)23-2)8-11-13(10)14(17)20-21(11)12-5-3-4-6-24-12/h7-8,12H,3-6H2,1-2H3,(H2,18,19,25). The number of esters is 1. The predicted octanol–water partition coefficient (Wildman–Crippen LogP) is 2.58. The minimum absolute atomic E-state index is 0.249. The monoisotopic (exact) mass is 366 g/mol. The van der Waals surface area contributed by atoms with E-state index in [1.165, 1.54) is 17.9 Å². The maximum Gasteiger partial charge on any atom is 0.338 e. The van der Waals surface area contributed by atoms with E-state index in [4.69, 9.17) is 21.7 Å². The van der Waals surface area contributed by atoms with Gasteiger partial charge in [0.05, 0.1) is 29.3 Å². The van der Waals surface area contributed by atoms with Crippen LogP contribution in [-0.2, 0) is 9.47 Å². The number of thiocarbonyl (C=S) groups is 1. The number of ether oxygens (including phenoxy) is 2. The van der Waals surface area contributed by atoms with Crippen molar-refractivity contribution in [2.45, 2.75) is 25.5 Å². The van der Waals surface area contributed by atoms with Crippen molar-refractivity contribution in [1.82, 2.24) is 15.1 Å². The van der Waals surface area contributed by atoms with E-state index in [0.29, 0.717) is 22.9 Å². The molecular formula is C16H19FN4O3S. The van der Waals surface area contributed by atoms with Crippen molar-refractivity contribution < 1.29 is 18.7 Å². The van der Waals surface area contributed by atoms with E-state index in [1.54, 1.807) is 13.1 Å².